The van der Waals surface area contributed by atoms with E-state index >= 15 is 0 Å². The highest BCUT2D eigenvalue weighted by molar-refractivity contribution is 5.91. The zero-order valence-corrected chi connectivity index (χ0v) is 11.0. The first-order chi connectivity index (χ1) is 9.20. The largest absolute Gasteiger partial charge is 0.372 e. The maximum atomic E-state index is 11.5. The van der Waals surface area contributed by atoms with Crippen LogP contribution < -0.4 is 5.32 Å². The molecule has 19 heavy (non-hydrogen) atoms. The Hall–Kier alpha value is -2.21. The normalized spacial score (nSPS) is 10.4. The van der Waals surface area contributed by atoms with Crippen molar-refractivity contribution in [3.05, 3.63) is 30.6 Å². The van der Waals surface area contributed by atoms with Crippen molar-refractivity contribution in [2.75, 3.05) is 18.5 Å². The lowest BCUT2D eigenvalue weighted by Gasteiger charge is -2.06. The Morgan fingerprint density at radius 2 is 2.11 bits per heavy atom. The van der Waals surface area contributed by atoms with Crippen LogP contribution in [-0.2, 0) is 16.6 Å². The molecule has 0 aliphatic heterocycles. The molecule has 2 aromatic rings. The molecule has 0 aliphatic carbocycles. The smallest absolute Gasteiger partial charge is 0.250 e. The molecule has 1 aromatic carbocycles. The Morgan fingerprint density at radius 1 is 1.37 bits per heavy atom. The van der Waals surface area contributed by atoms with Gasteiger partial charge in [-0.25, -0.2) is 0 Å². The van der Waals surface area contributed by atoms with Crippen molar-refractivity contribution in [2.24, 2.45) is 7.05 Å². The summed E-state index contributed by atoms with van der Waals surface area (Å²) in [6.07, 6.45) is 1.65. The molecule has 6 heteroatoms. The van der Waals surface area contributed by atoms with Gasteiger partial charge in [0.05, 0.1) is 0 Å². The van der Waals surface area contributed by atoms with E-state index in [1.165, 1.54) is 0 Å². The number of nitrogens with one attached hydrogen (secondary N) is 1. The quantitative estimate of drug-likeness (QED) is 0.883. The number of hydrogen-bond acceptors (Lipinski definition) is 4. The van der Waals surface area contributed by atoms with Crippen LogP contribution in [-0.4, -0.2) is 33.9 Å². The lowest BCUT2D eigenvalue weighted by molar-refractivity contribution is -0.120. The number of benzene rings is 1. The third kappa shape index (κ3) is 3.38. The van der Waals surface area contributed by atoms with Gasteiger partial charge in [-0.3, -0.25) is 4.79 Å². The van der Waals surface area contributed by atoms with Gasteiger partial charge in [-0.2, -0.15) is 0 Å². The van der Waals surface area contributed by atoms with E-state index in [9.17, 15) is 4.79 Å². The summed E-state index contributed by atoms with van der Waals surface area (Å²) in [6, 6.07) is 7.43. The average molecular weight is 260 g/mol. The van der Waals surface area contributed by atoms with E-state index in [1.807, 2.05) is 42.8 Å². The van der Waals surface area contributed by atoms with Gasteiger partial charge in [-0.05, 0) is 31.2 Å². The maximum absolute atomic E-state index is 11.5. The van der Waals surface area contributed by atoms with Crippen LogP contribution in [0.1, 0.15) is 6.92 Å². The number of carbonyl (C=O) groups is 1. The van der Waals surface area contributed by atoms with E-state index in [1.54, 1.807) is 6.33 Å². The van der Waals surface area contributed by atoms with Crippen molar-refractivity contribution in [2.45, 2.75) is 6.92 Å². The van der Waals surface area contributed by atoms with Crippen molar-refractivity contribution in [3.63, 3.8) is 0 Å². The van der Waals surface area contributed by atoms with Gasteiger partial charge < -0.3 is 14.6 Å². The number of rotatable bonds is 5. The average Bonchev–Trinajstić information content (AvgIpc) is 2.83. The lowest BCUT2D eigenvalue weighted by atomic mass is 10.2. The second-order valence-corrected chi connectivity index (χ2v) is 4.03. The maximum Gasteiger partial charge on any atom is 0.250 e. The molecule has 0 atom stereocenters. The molecule has 0 unspecified atom stereocenters. The number of aryl methyl sites for hydroxylation is 1. The van der Waals surface area contributed by atoms with Gasteiger partial charge >= 0.3 is 0 Å². The van der Waals surface area contributed by atoms with Gasteiger partial charge in [0, 0.05) is 24.9 Å². The molecular weight excluding hydrogens is 244 g/mol. The van der Waals surface area contributed by atoms with Crippen molar-refractivity contribution in [1.82, 2.24) is 14.8 Å². The summed E-state index contributed by atoms with van der Waals surface area (Å²) < 4.78 is 6.87. The second-order valence-electron chi connectivity index (χ2n) is 4.03. The first kappa shape index (κ1) is 13.2. The SMILES string of the molecule is CCOCC(=O)Nc1ccc(-c2nncn2C)cc1. The third-order valence-corrected chi connectivity index (χ3v) is 2.58. The fourth-order valence-corrected chi connectivity index (χ4v) is 1.64. The zero-order valence-electron chi connectivity index (χ0n) is 11.0. The standard InChI is InChI=1S/C13H16N4O2/c1-3-19-8-12(18)15-11-6-4-10(5-7-11)13-16-14-9-17(13)2/h4-7,9H,3,8H2,1-2H3,(H,15,18). The van der Waals surface area contributed by atoms with Crippen molar-refractivity contribution < 1.29 is 9.53 Å². The highest BCUT2D eigenvalue weighted by Crippen LogP contribution is 2.18. The fourth-order valence-electron chi connectivity index (χ4n) is 1.64. The van der Waals surface area contributed by atoms with Crippen LogP contribution in [0.5, 0.6) is 0 Å². The van der Waals surface area contributed by atoms with Gasteiger partial charge in [-0.15, -0.1) is 10.2 Å². The number of aromatic nitrogens is 3. The van der Waals surface area contributed by atoms with Gasteiger partial charge in [0.15, 0.2) is 5.82 Å². The Balaban J connectivity index is 2.03. The highest BCUT2D eigenvalue weighted by atomic mass is 16.5. The van der Waals surface area contributed by atoms with Crippen LogP contribution in [0.25, 0.3) is 11.4 Å². The lowest BCUT2D eigenvalue weighted by Crippen LogP contribution is -2.18. The number of hydrogen-bond donors (Lipinski definition) is 1. The minimum absolute atomic E-state index is 0.0710. The summed E-state index contributed by atoms with van der Waals surface area (Å²) >= 11 is 0. The highest BCUT2D eigenvalue weighted by Gasteiger charge is 2.05. The van der Waals surface area contributed by atoms with E-state index < -0.39 is 0 Å². The summed E-state index contributed by atoms with van der Waals surface area (Å²) in [5, 5.41) is 10.6. The third-order valence-electron chi connectivity index (χ3n) is 2.58. The fraction of sp³-hybridized carbons (Fsp3) is 0.308. The number of amides is 1. The number of nitrogens with zero attached hydrogens (tertiary/aromatic N) is 3. The number of carbonyl (C=O) groups excluding carboxylic acids is 1. The van der Waals surface area contributed by atoms with Crippen LogP contribution in [0.2, 0.25) is 0 Å². The molecule has 1 aromatic heterocycles. The first-order valence-corrected chi connectivity index (χ1v) is 6.02. The van der Waals surface area contributed by atoms with Gasteiger partial charge in [0.2, 0.25) is 5.91 Å². The molecule has 100 valence electrons. The van der Waals surface area contributed by atoms with Crippen molar-refractivity contribution >= 4 is 11.6 Å². The van der Waals surface area contributed by atoms with E-state index in [0.29, 0.717) is 6.61 Å². The summed E-state index contributed by atoms with van der Waals surface area (Å²) in [6.45, 7) is 2.45. The summed E-state index contributed by atoms with van der Waals surface area (Å²) in [5.74, 6) is 0.625. The molecule has 1 N–H and O–H groups in total. The van der Waals surface area contributed by atoms with E-state index in [2.05, 4.69) is 15.5 Å². The predicted octanol–water partition coefficient (Wildman–Crippen LogP) is 1.46. The Bertz CT molecular complexity index is 548. The van der Waals surface area contributed by atoms with Crippen LogP contribution >= 0.6 is 0 Å². The number of ether oxygens (including phenoxy) is 1. The molecule has 0 spiro atoms. The Kier molecular flexibility index (Phi) is 4.25. The Morgan fingerprint density at radius 3 is 2.68 bits per heavy atom. The van der Waals surface area contributed by atoms with Gasteiger partial charge in [0.1, 0.15) is 12.9 Å². The molecule has 0 fully saturated rings. The minimum Gasteiger partial charge on any atom is -0.372 e. The van der Waals surface area contributed by atoms with E-state index in [4.69, 9.17) is 4.74 Å². The molecule has 0 aliphatic rings. The molecule has 1 amide bonds. The molecule has 2 rings (SSSR count). The summed E-state index contributed by atoms with van der Waals surface area (Å²) in [5.41, 5.74) is 1.68. The second kappa shape index (κ2) is 6.10. The zero-order chi connectivity index (χ0) is 13.7. The van der Waals surface area contributed by atoms with E-state index in [0.717, 1.165) is 17.1 Å². The topological polar surface area (TPSA) is 69.0 Å². The first-order valence-electron chi connectivity index (χ1n) is 6.02. The van der Waals surface area contributed by atoms with E-state index in [-0.39, 0.29) is 12.5 Å². The molecule has 0 bridgehead atoms. The molecular formula is C13H16N4O2. The molecule has 0 saturated carbocycles. The van der Waals surface area contributed by atoms with Crippen LogP contribution in [0, 0.1) is 0 Å². The Labute approximate surface area is 111 Å². The van der Waals surface area contributed by atoms with Crippen molar-refractivity contribution in [1.29, 1.82) is 0 Å². The molecule has 0 radical (unpaired) electrons. The van der Waals surface area contributed by atoms with Crippen LogP contribution in [0.4, 0.5) is 5.69 Å². The molecule has 6 nitrogen and oxygen atoms in total. The monoisotopic (exact) mass is 260 g/mol. The summed E-state index contributed by atoms with van der Waals surface area (Å²) in [7, 11) is 1.88. The van der Waals surface area contributed by atoms with Crippen LogP contribution in [0.15, 0.2) is 30.6 Å². The van der Waals surface area contributed by atoms with Crippen LogP contribution in [0.3, 0.4) is 0 Å². The van der Waals surface area contributed by atoms with Crippen molar-refractivity contribution in [3.8, 4) is 11.4 Å². The molecule has 0 saturated heterocycles. The van der Waals surface area contributed by atoms with Gasteiger partial charge in [-0.1, -0.05) is 0 Å². The molecule has 1 heterocycles. The summed E-state index contributed by atoms with van der Waals surface area (Å²) in [4.78, 5) is 11.5. The predicted molar refractivity (Wildman–Crippen MR) is 71.6 cm³/mol. The number of anilines is 1. The van der Waals surface area contributed by atoms with Gasteiger partial charge in [0.25, 0.3) is 0 Å². The minimum atomic E-state index is -0.159.